The predicted octanol–water partition coefficient (Wildman–Crippen LogP) is 0.199. The summed E-state index contributed by atoms with van der Waals surface area (Å²) in [6, 6.07) is -0.0115. The van der Waals surface area contributed by atoms with Crippen LogP contribution in [-0.4, -0.2) is 61.7 Å². The molecule has 0 aromatic carbocycles. The second-order valence-electron chi connectivity index (χ2n) is 5.34. The number of hydrogen-bond acceptors (Lipinski definition) is 5. The van der Waals surface area contributed by atoms with Gasteiger partial charge in [-0.25, -0.2) is 13.4 Å². The molecule has 1 atom stereocenters. The van der Waals surface area contributed by atoms with E-state index < -0.39 is 10.0 Å². The van der Waals surface area contributed by atoms with E-state index in [-0.39, 0.29) is 11.1 Å². The van der Waals surface area contributed by atoms with E-state index in [4.69, 9.17) is 4.74 Å². The Morgan fingerprint density at radius 2 is 2.29 bits per heavy atom. The van der Waals surface area contributed by atoms with Crippen LogP contribution in [0, 0.1) is 0 Å². The fraction of sp³-hybridized carbons (Fsp3) is 0.769. The zero-order valence-corrected chi connectivity index (χ0v) is 13.5. The van der Waals surface area contributed by atoms with Gasteiger partial charge in [0.15, 0.2) is 5.03 Å². The molecule has 1 aromatic heterocycles. The van der Waals surface area contributed by atoms with Gasteiger partial charge in [0.1, 0.15) is 0 Å². The number of sulfonamides is 1. The van der Waals surface area contributed by atoms with Crippen LogP contribution in [-0.2, 0) is 21.8 Å². The van der Waals surface area contributed by atoms with Crippen LogP contribution >= 0.6 is 0 Å². The number of methoxy groups -OCH3 is 1. The summed E-state index contributed by atoms with van der Waals surface area (Å²) in [7, 11) is -0.0802. The van der Waals surface area contributed by atoms with Crippen LogP contribution in [0.4, 0.5) is 0 Å². The average molecular weight is 316 g/mol. The van der Waals surface area contributed by atoms with E-state index in [0.717, 1.165) is 25.8 Å². The molecule has 120 valence electrons. The highest BCUT2D eigenvalue weighted by Gasteiger charge is 2.34. The number of nitrogens with one attached hydrogen (secondary N) is 1. The maximum atomic E-state index is 12.7. The third-order valence-electron chi connectivity index (χ3n) is 3.69. The molecule has 1 aliphatic rings. The van der Waals surface area contributed by atoms with Crippen molar-refractivity contribution < 1.29 is 13.2 Å². The van der Waals surface area contributed by atoms with Gasteiger partial charge in [-0.2, -0.15) is 4.31 Å². The van der Waals surface area contributed by atoms with Gasteiger partial charge in [-0.3, -0.25) is 0 Å². The van der Waals surface area contributed by atoms with Crippen LogP contribution in [0.15, 0.2) is 17.6 Å². The van der Waals surface area contributed by atoms with E-state index in [1.165, 1.54) is 6.33 Å². The van der Waals surface area contributed by atoms with Gasteiger partial charge in [0, 0.05) is 46.0 Å². The lowest BCUT2D eigenvalue weighted by Crippen LogP contribution is -2.48. The van der Waals surface area contributed by atoms with Gasteiger partial charge >= 0.3 is 0 Å². The van der Waals surface area contributed by atoms with Gasteiger partial charge in [0.05, 0.1) is 12.9 Å². The van der Waals surface area contributed by atoms with Gasteiger partial charge in [-0.05, 0) is 12.8 Å². The summed E-state index contributed by atoms with van der Waals surface area (Å²) in [5, 5.41) is 3.39. The van der Waals surface area contributed by atoms with Crippen molar-refractivity contribution >= 4 is 10.0 Å². The van der Waals surface area contributed by atoms with E-state index in [9.17, 15) is 8.42 Å². The Balaban J connectivity index is 2.07. The first-order valence-corrected chi connectivity index (χ1v) is 8.69. The van der Waals surface area contributed by atoms with Crippen molar-refractivity contribution in [2.45, 2.75) is 30.3 Å². The number of aryl methyl sites for hydroxylation is 1. The fourth-order valence-electron chi connectivity index (χ4n) is 2.58. The molecule has 0 spiro atoms. The molecule has 1 aliphatic heterocycles. The summed E-state index contributed by atoms with van der Waals surface area (Å²) >= 11 is 0. The van der Waals surface area contributed by atoms with E-state index in [1.54, 1.807) is 29.2 Å². The summed E-state index contributed by atoms with van der Waals surface area (Å²) in [5.74, 6) is 0. The zero-order valence-electron chi connectivity index (χ0n) is 12.7. The standard InChI is InChI=1S/C13H24N4O3S/c1-16-10-13(15-11-16)21(18,19)17-7-4-3-5-12(17)9-14-6-8-20-2/h10-12,14H,3-9H2,1-2H3. The number of ether oxygens (including phenoxy) is 1. The minimum atomic E-state index is -3.50. The van der Waals surface area contributed by atoms with Crippen LogP contribution in [0.1, 0.15) is 19.3 Å². The first-order valence-electron chi connectivity index (χ1n) is 7.25. The molecular weight excluding hydrogens is 292 g/mol. The maximum absolute atomic E-state index is 12.7. The molecule has 0 saturated carbocycles. The zero-order chi connectivity index (χ0) is 15.3. The van der Waals surface area contributed by atoms with Crippen molar-refractivity contribution in [2.24, 2.45) is 7.05 Å². The van der Waals surface area contributed by atoms with Gasteiger partial charge < -0.3 is 14.6 Å². The van der Waals surface area contributed by atoms with E-state index in [0.29, 0.717) is 19.7 Å². The minimum Gasteiger partial charge on any atom is -0.383 e. The second-order valence-corrected chi connectivity index (χ2v) is 7.18. The van der Waals surface area contributed by atoms with Crippen LogP contribution in [0.5, 0.6) is 0 Å². The smallest absolute Gasteiger partial charge is 0.262 e. The molecule has 0 aliphatic carbocycles. The highest BCUT2D eigenvalue weighted by atomic mass is 32.2. The Hall–Kier alpha value is -0.960. The monoisotopic (exact) mass is 316 g/mol. The molecule has 1 aromatic rings. The Morgan fingerprint density at radius 3 is 2.95 bits per heavy atom. The molecular formula is C13H24N4O3S. The number of hydrogen-bond donors (Lipinski definition) is 1. The summed E-state index contributed by atoms with van der Waals surface area (Å²) in [5.41, 5.74) is 0. The molecule has 0 radical (unpaired) electrons. The third kappa shape index (κ3) is 4.03. The fourth-order valence-corrected chi connectivity index (χ4v) is 4.24. The van der Waals surface area contributed by atoms with Gasteiger partial charge in [-0.1, -0.05) is 6.42 Å². The molecule has 1 saturated heterocycles. The lowest BCUT2D eigenvalue weighted by molar-refractivity contribution is 0.191. The number of imidazole rings is 1. The van der Waals surface area contributed by atoms with E-state index >= 15 is 0 Å². The Kier molecular flexibility index (Phi) is 5.74. The Labute approximate surface area is 126 Å². The quantitative estimate of drug-likeness (QED) is 0.727. The largest absolute Gasteiger partial charge is 0.383 e. The minimum absolute atomic E-state index is 0.0115. The van der Waals surface area contributed by atoms with Crippen molar-refractivity contribution in [3.63, 3.8) is 0 Å². The lowest BCUT2D eigenvalue weighted by Gasteiger charge is -2.34. The van der Waals surface area contributed by atoms with E-state index in [2.05, 4.69) is 10.3 Å². The van der Waals surface area contributed by atoms with Crippen molar-refractivity contribution in [1.82, 2.24) is 19.2 Å². The molecule has 21 heavy (non-hydrogen) atoms. The van der Waals surface area contributed by atoms with Crippen LogP contribution in [0.25, 0.3) is 0 Å². The van der Waals surface area contributed by atoms with Crippen molar-refractivity contribution in [3.05, 3.63) is 12.5 Å². The predicted molar refractivity (Wildman–Crippen MR) is 79.5 cm³/mol. The SMILES string of the molecule is COCCNCC1CCCCN1S(=O)(=O)c1cn(C)cn1. The molecule has 2 heterocycles. The number of piperidine rings is 1. The van der Waals surface area contributed by atoms with E-state index in [1.807, 2.05) is 0 Å². The molecule has 1 unspecified atom stereocenters. The normalized spacial score (nSPS) is 20.8. The van der Waals surface area contributed by atoms with Crippen molar-refractivity contribution in [2.75, 3.05) is 33.4 Å². The van der Waals surface area contributed by atoms with Gasteiger partial charge in [0.2, 0.25) is 0 Å². The molecule has 1 N–H and O–H groups in total. The third-order valence-corrected chi connectivity index (χ3v) is 5.53. The molecule has 7 nitrogen and oxygen atoms in total. The Morgan fingerprint density at radius 1 is 1.48 bits per heavy atom. The summed E-state index contributed by atoms with van der Waals surface area (Å²) < 4.78 is 33.6. The van der Waals surface area contributed by atoms with Crippen LogP contribution in [0.3, 0.4) is 0 Å². The van der Waals surface area contributed by atoms with Gasteiger partial charge in [0.25, 0.3) is 10.0 Å². The molecule has 0 bridgehead atoms. The van der Waals surface area contributed by atoms with Crippen LogP contribution < -0.4 is 5.32 Å². The first kappa shape index (κ1) is 16.4. The molecule has 2 rings (SSSR count). The average Bonchev–Trinajstić information content (AvgIpc) is 2.91. The lowest BCUT2D eigenvalue weighted by atomic mass is 10.1. The van der Waals surface area contributed by atoms with Crippen LogP contribution in [0.2, 0.25) is 0 Å². The maximum Gasteiger partial charge on any atom is 0.262 e. The first-order chi connectivity index (χ1) is 10.1. The second kappa shape index (κ2) is 7.35. The molecule has 8 heteroatoms. The molecule has 1 fully saturated rings. The van der Waals surface area contributed by atoms with Crippen molar-refractivity contribution in [1.29, 1.82) is 0 Å². The highest BCUT2D eigenvalue weighted by Crippen LogP contribution is 2.24. The topological polar surface area (TPSA) is 76.5 Å². The number of nitrogens with zero attached hydrogens (tertiary/aromatic N) is 3. The van der Waals surface area contributed by atoms with Crippen molar-refractivity contribution in [3.8, 4) is 0 Å². The number of aromatic nitrogens is 2. The summed E-state index contributed by atoms with van der Waals surface area (Å²) in [6.45, 7) is 2.56. The summed E-state index contributed by atoms with van der Waals surface area (Å²) in [6.07, 6.45) is 5.92. The van der Waals surface area contributed by atoms with Gasteiger partial charge in [-0.15, -0.1) is 0 Å². The molecule has 0 amide bonds. The Bertz CT molecular complexity index is 543. The summed E-state index contributed by atoms with van der Waals surface area (Å²) in [4.78, 5) is 4.00. The number of rotatable bonds is 7. The highest BCUT2D eigenvalue weighted by molar-refractivity contribution is 7.89.